The van der Waals surface area contributed by atoms with Crippen LogP contribution in [0.25, 0.3) is 0 Å². The summed E-state index contributed by atoms with van der Waals surface area (Å²) in [7, 11) is -4.50. The fourth-order valence-corrected chi connectivity index (χ4v) is 5.41. The van der Waals surface area contributed by atoms with E-state index >= 15 is 0 Å². The zero-order valence-corrected chi connectivity index (χ0v) is 22.0. The summed E-state index contributed by atoms with van der Waals surface area (Å²) in [5.74, 6) is -3.90. The van der Waals surface area contributed by atoms with Gasteiger partial charge in [0, 0.05) is 43.0 Å². The standard InChI is InChI=1S/C24H31F2N4O7P/c1-3-28-23(34)21(20(32)15-31)29(30(10-11-38(35,36)37)24(28)8-4-5-9-24)14-16(2)22(33)27-13-17-6-7-18(25)12-19(17)26/h6-7,12,14-15,32H,3-5,8-11,13H2,1-2H3,(H,27,33)(H2,35,36,37)/b16-14+,21-20+. The number of benzene rings is 1. The predicted molar refractivity (Wildman–Crippen MR) is 132 cm³/mol. The second-order valence-electron chi connectivity index (χ2n) is 9.18. The Balaban J connectivity index is 2.03. The van der Waals surface area contributed by atoms with Gasteiger partial charge in [-0.2, -0.15) is 5.01 Å². The van der Waals surface area contributed by atoms with Crippen molar-refractivity contribution in [2.45, 2.75) is 51.7 Å². The maximum absolute atomic E-state index is 14.0. The molecule has 1 aliphatic heterocycles. The molecule has 0 radical (unpaired) electrons. The van der Waals surface area contributed by atoms with Crippen LogP contribution >= 0.6 is 7.60 Å². The molecule has 1 saturated heterocycles. The van der Waals surface area contributed by atoms with Crippen molar-refractivity contribution >= 4 is 25.7 Å². The van der Waals surface area contributed by atoms with E-state index < -0.39 is 54.3 Å². The van der Waals surface area contributed by atoms with Crippen LogP contribution in [0.15, 0.2) is 41.4 Å². The van der Waals surface area contributed by atoms with Crippen LogP contribution < -0.4 is 5.32 Å². The third-order valence-electron chi connectivity index (χ3n) is 6.73. The van der Waals surface area contributed by atoms with Gasteiger partial charge in [0.1, 0.15) is 17.3 Å². The second kappa shape index (κ2) is 11.7. The van der Waals surface area contributed by atoms with Crippen molar-refractivity contribution in [2.75, 3.05) is 19.3 Å². The van der Waals surface area contributed by atoms with Gasteiger partial charge in [-0.25, -0.2) is 8.78 Å². The Kier molecular flexibility index (Phi) is 9.09. The topological polar surface area (TPSA) is 151 Å². The van der Waals surface area contributed by atoms with Crippen molar-refractivity contribution in [1.82, 2.24) is 20.2 Å². The summed E-state index contributed by atoms with van der Waals surface area (Å²) in [5, 5.41) is 15.5. The molecule has 1 heterocycles. The summed E-state index contributed by atoms with van der Waals surface area (Å²) in [6, 6.07) is 2.91. The zero-order chi connectivity index (χ0) is 28.3. The SMILES string of the molecule is CCN1C(=O)/C(=C(\O)C=O)N(/C=C(\C)C(=O)NCc2ccc(F)cc2F)N(CCP(=O)(O)O)C12CCCC2. The lowest BCUT2D eigenvalue weighted by molar-refractivity contribution is -0.187. The fourth-order valence-electron chi connectivity index (χ4n) is 4.96. The third kappa shape index (κ3) is 6.12. The number of aldehydes is 1. The van der Waals surface area contributed by atoms with Gasteiger partial charge in [-0.05, 0) is 45.6 Å². The normalized spacial score (nSPS) is 19.7. The van der Waals surface area contributed by atoms with Crippen molar-refractivity contribution in [3.05, 3.63) is 58.6 Å². The average molecular weight is 557 g/mol. The van der Waals surface area contributed by atoms with Crippen molar-refractivity contribution in [3.8, 4) is 0 Å². The van der Waals surface area contributed by atoms with Gasteiger partial charge in [-0.3, -0.25) is 24.0 Å². The molecule has 0 atom stereocenters. The summed E-state index contributed by atoms with van der Waals surface area (Å²) in [5.41, 5.74) is -1.46. The highest BCUT2D eigenvalue weighted by Gasteiger charge is 2.54. The van der Waals surface area contributed by atoms with E-state index in [0.717, 1.165) is 23.9 Å². The summed E-state index contributed by atoms with van der Waals surface area (Å²) in [6.45, 7) is 2.77. The molecule has 1 aromatic rings. The van der Waals surface area contributed by atoms with Gasteiger partial charge in [0.25, 0.3) is 5.91 Å². The lowest BCUT2D eigenvalue weighted by Gasteiger charge is -2.56. The number of hydrazine groups is 1. The molecule has 1 aromatic carbocycles. The number of allylic oxidation sites excluding steroid dienone is 1. The number of nitrogens with one attached hydrogen (secondary N) is 1. The van der Waals surface area contributed by atoms with Gasteiger partial charge < -0.3 is 25.1 Å². The predicted octanol–water partition coefficient (Wildman–Crippen LogP) is 2.28. The zero-order valence-electron chi connectivity index (χ0n) is 21.1. The number of hydrogen-bond acceptors (Lipinski definition) is 7. The van der Waals surface area contributed by atoms with E-state index in [4.69, 9.17) is 0 Å². The minimum absolute atomic E-state index is 0.0178. The van der Waals surface area contributed by atoms with E-state index in [0.29, 0.717) is 18.9 Å². The highest BCUT2D eigenvalue weighted by Crippen LogP contribution is 2.46. The number of carbonyl (C=O) groups excluding carboxylic acids is 3. The van der Waals surface area contributed by atoms with Crippen molar-refractivity contribution < 1.29 is 42.6 Å². The Morgan fingerprint density at radius 2 is 1.89 bits per heavy atom. The number of aliphatic hydroxyl groups excluding tert-OH is 1. The lowest BCUT2D eigenvalue weighted by Crippen LogP contribution is -2.70. The highest BCUT2D eigenvalue weighted by molar-refractivity contribution is 7.51. The Bertz CT molecular complexity index is 1210. The number of aliphatic hydroxyl groups is 1. The molecular formula is C24H31F2N4O7P. The molecule has 38 heavy (non-hydrogen) atoms. The smallest absolute Gasteiger partial charge is 0.326 e. The number of likely N-dealkylation sites (N-methyl/N-ethyl adjacent to an activating group) is 1. The minimum Gasteiger partial charge on any atom is -0.503 e. The van der Waals surface area contributed by atoms with Gasteiger partial charge in [0.15, 0.2) is 17.7 Å². The molecule has 0 aromatic heterocycles. The van der Waals surface area contributed by atoms with Crippen LogP contribution in [0.1, 0.15) is 45.1 Å². The summed E-state index contributed by atoms with van der Waals surface area (Å²) >= 11 is 0. The molecule has 1 spiro atoms. The van der Waals surface area contributed by atoms with Gasteiger partial charge in [0.2, 0.25) is 5.91 Å². The Hall–Kier alpha value is -3.12. The molecule has 1 saturated carbocycles. The molecule has 1 aliphatic carbocycles. The largest absolute Gasteiger partial charge is 0.503 e. The molecule has 4 N–H and O–H groups in total. The van der Waals surface area contributed by atoms with Crippen LogP contribution in [0.4, 0.5) is 8.78 Å². The van der Waals surface area contributed by atoms with Crippen LogP contribution in [0.5, 0.6) is 0 Å². The van der Waals surface area contributed by atoms with E-state index in [9.17, 15) is 42.6 Å². The van der Waals surface area contributed by atoms with Crippen LogP contribution in [-0.2, 0) is 25.5 Å². The molecule has 2 amide bonds. The first-order valence-electron chi connectivity index (χ1n) is 12.1. The maximum Gasteiger partial charge on any atom is 0.326 e. The van der Waals surface area contributed by atoms with Crippen LogP contribution in [0.2, 0.25) is 0 Å². The molecule has 3 rings (SSSR count). The lowest BCUT2D eigenvalue weighted by atomic mass is 10.0. The first-order valence-corrected chi connectivity index (χ1v) is 13.9. The first-order chi connectivity index (χ1) is 17.8. The second-order valence-corrected chi connectivity index (χ2v) is 11.0. The van der Waals surface area contributed by atoms with E-state index in [1.54, 1.807) is 6.92 Å². The molecule has 11 nitrogen and oxygen atoms in total. The van der Waals surface area contributed by atoms with Crippen LogP contribution in [0.3, 0.4) is 0 Å². The first kappa shape index (κ1) is 29.4. The van der Waals surface area contributed by atoms with E-state index in [1.165, 1.54) is 29.1 Å². The van der Waals surface area contributed by atoms with Gasteiger partial charge >= 0.3 is 7.60 Å². The number of nitrogens with zero attached hydrogens (tertiary/aromatic N) is 3. The Morgan fingerprint density at radius 1 is 1.24 bits per heavy atom. The molecule has 14 heteroatoms. The summed E-state index contributed by atoms with van der Waals surface area (Å²) in [6.07, 6.45) is 3.03. The number of halogens is 2. The van der Waals surface area contributed by atoms with Gasteiger partial charge in [-0.1, -0.05) is 6.07 Å². The minimum atomic E-state index is -4.50. The maximum atomic E-state index is 14.0. The van der Waals surface area contributed by atoms with Gasteiger partial charge in [0.05, 0.1) is 6.16 Å². The monoisotopic (exact) mass is 556 g/mol. The highest BCUT2D eigenvalue weighted by atomic mass is 31.2. The van der Waals surface area contributed by atoms with E-state index in [1.807, 2.05) is 0 Å². The Labute approximate surface area is 218 Å². The average Bonchev–Trinajstić information content (AvgIpc) is 3.32. The van der Waals surface area contributed by atoms with Crippen molar-refractivity contribution in [1.29, 1.82) is 0 Å². The Morgan fingerprint density at radius 3 is 2.45 bits per heavy atom. The molecular weight excluding hydrogens is 525 g/mol. The number of rotatable bonds is 9. The molecule has 208 valence electrons. The summed E-state index contributed by atoms with van der Waals surface area (Å²) in [4.78, 5) is 58.6. The molecule has 2 aliphatic rings. The van der Waals surface area contributed by atoms with Crippen molar-refractivity contribution in [3.63, 3.8) is 0 Å². The van der Waals surface area contributed by atoms with Crippen LogP contribution in [0, 0.1) is 11.6 Å². The number of hydrogen-bond donors (Lipinski definition) is 4. The number of carbonyl (C=O) groups is 3. The van der Waals surface area contributed by atoms with Crippen molar-refractivity contribution in [2.24, 2.45) is 0 Å². The van der Waals surface area contributed by atoms with Crippen LogP contribution in [-0.4, -0.2) is 72.8 Å². The fraction of sp³-hybridized carbons (Fsp3) is 0.458. The molecule has 2 fully saturated rings. The summed E-state index contributed by atoms with van der Waals surface area (Å²) < 4.78 is 38.9. The molecule has 0 unspecified atom stereocenters. The third-order valence-corrected chi connectivity index (χ3v) is 7.51. The molecule has 0 bridgehead atoms. The van der Waals surface area contributed by atoms with E-state index in [2.05, 4.69) is 5.32 Å². The quantitative estimate of drug-likeness (QED) is 0.155. The van der Waals surface area contributed by atoms with Gasteiger partial charge in [-0.15, -0.1) is 0 Å². The van der Waals surface area contributed by atoms with E-state index in [-0.39, 0.29) is 37.1 Å². The number of amides is 2.